The molecule has 1 aliphatic heterocycles. The van der Waals surface area contributed by atoms with E-state index >= 15 is 0 Å². The summed E-state index contributed by atoms with van der Waals surface area (Å²) in [5, 5.41) is 12.2. The van der Waals surface area contributed by atoms with Crippen LogP contribution in [0.4, 0.5) is 11.8 Å². The maximum Gasteiger partial charge on any atom is 0.246 e. The molecule has 11 nitrogen and oxygen atoms in total. The molecule has 33 heavy (non-hydrogen) atoms. The van der Waals surface area contributed by atoms with Crippen molar-refractivity contribution in [2.45, 2.75) is 6.54 Å². The van der Waals surface area contributed by atoms with Crippen molar-refractivity contribution < 1.29 is 9.53 Å². The molecule has 0 aromatic carbocycles. The van der Waals surface area contributed by atoms with Crippen LogP contribution < -0.4 is 10.1 Å². The number of ether oxygens (including phenoxy) is 1. The Labute approximate surface area is 190 Å². The van der Waals surface area contributed by atoms with Crippen molar-refractivity contribution in [1.82, 2.24) is 39.2 Å². The molecular weight excluding hydrogens is 422 g/mol. The summed E-state index contributed by atoms with van der Waals surface area (Å²) in [6.45, 7) is 3.49. The summed E-state index contributed by atoms with van der Waals surface area (Å²) in [5.74, 6) is 1.59. The predicted octanol–water partition coefficient (Wildman–Crippen LogP) is 1.51. The molecule has 1 N–H and O–H groups in total. The van der Waals surface area contributed by atoms with E-state index in [1.807, 2.05) is 29.2 Å². The fourth-order valence-electron chi connectivity index (χ4n) is 3.76. The lowest BCUT2D eigenvalue weighted by Gasteiger charge is -2.32. The number of aromatic nitrogens is 6. The van der Waals surface area contributed by atoms with Gasteiger partial charge in [-0.05, 0) is 25.2 Å². The minimum absolute atomic E-state index is 0.0699. The van der Waals surface area contributed by atoms with E-state index in [-0.39, 0.29) is 12.5 Å². The molecule has 4 aromatic rings. The second kappa shape index (κ2) is 8.87. The van der Waals surface area contributed by atoms with Crippen LogP contribution in [0, 0.1) is 0 Å². The van der Waals surface area contributed by atoms with E-state index in [0.717, 1.165) is 43.0 Å². The molecule has 0 radical (unpaired) electrons. The van der Waals surface area contributed by atoms with Crippen LogP contribution in [0.15, 0.2) is 48.9 Å². The number of hydrogen-bond donors (Lipinski definition) is 1. The minimum atomic E-state index is 0.0699. The van der Waals surface area contributed by atoms with Gasteiger partial charge >= 0.3 is 0 Å². The zero-order valence-corrected chi connectivity index (χ0v) is 18.5. The Morgan fingerprint density at radius 1 is 1.03 bits per heavy atom. The average Bonchev–Trinajstić information content (AvgIpc) is 3.46. The average molecular weight is 448 g/mol. The molecule has 170 valence electrons. The van der Waals surface area contributed by atoms with Gasteiger partial charge in [-0.1, -0.05) is 0 Å². The topological polar surface area (TPSA) is 106 Å². The summed E-state index contributed by atoms with van der Waals surface area (Å²) >= 11 is 0. The number of pyridine rings is 1. The summed E-state index contributed by atoms with van der Waals surface area (Å²) < 4.78 is 8.56. The second-order valence-corrected chi connectivity index (χ2v) is 7.93. The second-order valence-electron chi connectivity index (χ2n) is 7.93. The Kier molecular flexibility index (Phi) is 5.61. The van der Waals surface area contributed by atoms with Crippen molar-refractivity contribution in [2.75, 3.05) is 45.7 Å². The van der Waals surface area contributed by atoms with E-state index in [0.29, 0.717) is 17.6 Å². The highest BCUT2D eigenvalue weighted by Gasteiger charge is 2.19. The fraction of sp³-hybridized carbons (Fsp3) is 0.318. The number of nitrogens with zero attached hydrogens (tertiary/aromatic N) is 8. The summed E-state index contributed by atoms with van der Waals surface area (Å²) in [6, 6.07) is 9.46. The van der Waals surface area contributed by atoms with Crippen molar-refractivity contribution in [3.63, 3.8) is 0 Å². The van der Waals surface area contributed by atoms with Gasteiger partial charge in [-0.15, -0.1) is 5.10 Å². The highest BCUT2D eigenvalue weighted by atomic mass is 16.5. The molecule has 1 amide bonds. The Hall–Kier alpha value is -3.99. The molecular formula is C22H25N9O2. The zero-order chi connectivity index (χ0) is 22.8. The first-order valence-corrected chi connectivity index (χ1v) is 10.7. The van der Waals surface area contributed by atoms with E-state index in [1.54, 1.807) is 41.0 Å². The van der Waals surface area contributed by atoms with Crippen molar-refractivity contribution in [3.8, 4) is 17.1 Å². The van der Waals surface area contributed by atoms with E-state index in [9.17, 15) is 4.79 Å². The van der Waals surface area contributed by atoms with Crippen LogP contribution in [0.3, 0.4) is 0 Å². The standard InChI is InChI=1S/C22H25N9O2/c1-28-9-11-29(12-10-28)21(32)15-30-8-7-19(26-30)25-22-24-14-17-4-5-18(31(17)27-22)16-3-6-20(33-2)23-13-16/h3-8,13-14H,9-12,15H2,1-2H3,(H,25,26,27). The molecule has 11 heteroatoms. The van der Waals surface area contributed by atoms with Gasteiger partial charge in [0, 0.05) is 56.3 Å². The quantitative estimate of drug-likeness (QED) is 0.474. The van der Waals surface area contributed by atoms with E-state index in [1.165, 1.54) is 0 Å². The van der Waals surface area contributed by atoms with Gasteiger partial charge in [0.15, 0.2) is 5.82 Å². The van der Waals surface area contributed by atoms with Gasteiger partial charge in [-0.25, -0.2) is 14.5 Å². The molecule has 0 unspecified atom stereocenters. The number of carbonyl (C=O) groups excluding carboxylic acids is 1. The fourth-order valence-corrected chi connectivity index (χ4v) is 3.76. The van der Waals surface area contributed by atoms with Gasteiger partial charge in [-0.2, -0.15) is 5.10 Å². The largest absolute Gasteiger partial charge is 0.481 e. The van der Waals surface area contributed by atoms with Crippen molar-refractivity contribution in [3.05, 3.63) is 48.9 Å². The van der Waals surface area contributed by atoms with Crippen LogP contribution in [0.5, 0.6) is 5.88 Å². The Morgan fingerprint density at radius 2 is 1.88 bits per heavy atom. The molecule has 4 aromatic heterocycles. The Morgan fingerprint density at radius 3 is 2.64 bits per heavy atom. The summed E-state index contributed by atoms with van der Waals surface area (Å²) in [5.41, 5.74) is 2.65. The molecule has 1 aliphatic rings. The van der Waals surface area contributed by atoms with Gasteiger partial charge in [0.05, 0.1) is 24.5 Å². The lowest BCUT2D eigenvalue weighted by Crippen LogP contribution is -2.48. The van der Waals surface area contributed by atoms with Gasteiger partial charge in [-0.3, -0.25) is 9.48 Å². The van der Waals surface area contributed by atoms with Crippen LogP contribution in [0.1, 0.15) is 0 Å². The summed E-state index contributed by atoms with van der Waals surface area (Å²) in [7, 11) is 3.65. The van der Waals surface area contributed by atoms with Gasteiger partial charge in [0.2, 0.25) is 17.7 Å². The first kappa shape index (κ1) is 20.9. The van der Waals surface area contributed by atoms with Crippen LogP contribution >= 0.6 is 0 Å². The number of hydrogen-bond acceptors (Lipinski definition) is 8. The summed E-state index contributed by atoms with van der Waals surface area (Å²) in [4.78, 5) is 25.3. The number of amides is 1. The number of fused-ring (bicyclic) bond motifs is 1. The number of rotatable bonds is 6. The molecule has 0 aliphatic carbocycles. The maximum atomic E-state index is 12.6. The van der Waals surface area contributed by atoms with Crippen LogP contribution in [0.2, 0.25) is 0 Å². The van der Waals surface area contributed by atoms with Crippen molar-refractivity contribution in [1.29, 1.82) is 0 Å². The minimum Gasteiger partial charge on any atom is -0.481 e. The van der Waals surface area contributed by atoms with Crippen molar-refractivity contribution in [2.24, 2.45) is 0 Å². The number of likely N-dealkylation sites (N-methyl/N-ethyl adjacent to an activating group) is 1. The third-order valence-corrected chi connectivity index (χ3v) is 5.67. The molecule has 1 saturated heterocycles. The number of carbonyl (C=O) groups is 1. The first-order chi connectivity index (χ1) is 16.1. The number of anilines is 2. The molecule has 1 fully saturated rings. The predicted molar refractivity (Wildman–Crippen MR) is 122 cm³/mol. The summed E-state index contributed by atoms with van der Waals surface area (Å²) in [6.07, 6.45) is 5.26. The van der Waals surface area contributed by atoms with E-state index in [2.05, 4.69) is 37.4 Å². The molecule has 0 bridgehead atoms. The maximum absolute atomic E-state index is 12.6. The molecule has 0 saturated carbocycles. The SMILES string of the molecule is COc1ccc(-c2ccc3cnc(Nc4ccn(CC(=O)N5CCN(C)CC5)n4)nn23)cn1. The number of methoxy groups -OCH3 is 1. The lowest BCUT2D eigenvalue weighted by atomic mass is 10.2. The van der Waals surface area contributed by atoms with Crippen molar-refractivity contribution >= 4 is 23.2 Å². The van der Waals surface area contributed by atoms with Crippen LogP contribution in [-0.4, -0.2) is 85.4 Å². The van der Waals surface area contributed by atoms with Gasteiger partial charge in [0.25, 0.3) is 0 Å². The molecule has 0 atom stereocenters. The zero-order valence-electron chi connectivity index (χ0n) is 18.5. The van der Waals surface area contributed by atoms with Crippen LogP contribution in [-0.2, 0) is 11.3 Å². The monoisotopic (exact) mass is 447 g/mol. The highest BCUT2D eigenvalue weighted by Crippen LogP contribution is 2.23. The molecule has 0 spiro atoms. The van der Waals surface area contributed by atoms with Gasteiger partial charge in [0.1, 0.15) is 6.54 Å². The highest BCUT2D eigenvalue weighted by molar-refractivity contribution is 5.76. The number of piperazine rings is 1. The van der Waals surface area contributed by atoms with E-state index < -0.39 is 0 Å². The Balaban J connectivity index is 1.29. The van der Waals surface area contributed by atoms with E-state index in [4.69, 9.17) is 4.74 Å². The lowest BCUT2D eigenvalue weighted by molar-refractivity contribution is -0.133. The molecule has 5 rings (SSSR count). The van der Waals surface area contributed by atoms with Gasteiger partial charge < -0.3 is 19.9 Å². The molecule has 5 heterocycles. The Bertz CT molecular complexity index is 1260. The third-order valence-electron chi connectivity index (χ3n) is 5.67. The third kappa shape index (κ3) is 4.48. The van der Waals surface area contributed by atoms with Crippen LogP contribution in [0.25, 0.3) is 16.8 Å². The number of nitrogens with one attached hydrogen (secondary N) is 1. The smallest absolute Gasteiger partial charge is 0.246 e. The normalized spacial score (nSPS) is 14.5. The first-order valence-electron chi connectivity index (χ1n) is 10.7.